The Balaban J connectivity index is 2.29. The third-order valence-electron chi connectivity index (χ3n) is 2.29. The lowest BCUT2D eigenvalue weighted by Crippen LogP contribution is -2.12. The quantitative estimate of drug-likeness (QED) is 0.779. The summed E-state index contributed by atoms with van der Waals surface area (Å²) in [6, 6.07) is 6.20. The number of anilines is 1. The van der Waals surface area contributed by atoms with Crippen LogP contribution in [0.25, 0.3) is 0 Å². The lowest BCUT2D eigenvalue weighted by molar-refractivity contribution is 0.127. The largest absolute Gasteiger partial charge is 0.384 e. The topological polar surface area (TPSA) is 47.3 Å². The molecular formula is C9H11BrN2O. The highest BCUT2D eigenvalue weighted by atomic mass is 79.9. The monoisotopic (exact) mass is 242 g/mol. The summed E-state index contributed by atoms with van der Waals surface area (Å²) < 4.78 is 1.09. The standard InChI is InChI=1S/C9H11BrN2O/c10-7-1-2-9-8(3-7)6(4-12-9)5-13-11/h1-3,6,12H,4-5,11H2. The van der Waals surface area contributed by atoms with E-state index in [-0.39, 0.29) is 0 Å². The van der Waals surface area contributed by atoms with E-state index in [2.05, 4.69) is 38.2 Å². The minimum Gasteiger partial charge on any atom is -0.384 e. The molecule has 1 heterocycles. The molecule has 0 fully saturated rings. The van der Waals surface area contributed by atoms with Gasteiger partial charge in [0.2, 0.25) is 0 Å². The minimum absolute atomic E-state index is 0.373. The highest BCUT2D eigenvalue weighted by Crippen LogP contribution is 2.33. The van der Waals surface area contributed by atoms with Crippen LogP contribution in [0.3, 0.4) is 0 Å². The molecule has 0 spiro atoms. The maximum Gasteiger partial charge on any atom is 0.0765 e. The Labute approximate surface area is 85.3 Å². The van der Waals surface area contributed by atoms with Gasteiger partial charge in [-0.1, -0.05) is 15.9 Å². The molecule has 0 radical (unpaired) electrons. The van der Waals surface area contributed by atoms with Crippen LogP contribution in [-0.2, 0) is 4.84 Å². The highest BCUT2D eigenvalue weighted by Gasteiger charge is 2.21. The SMILES string of the molecule is NOCC1CNc2ccc(Br)cc21. The summed E-state index contributed by atoms with van der Waals surface area (Å²) in [4.78, 5) is 4.67. The van der Waals surface area contributed by atoms with Crippen molar-refractivity contribution in [2.45, 2.75) is 5.92 Å². The minimum atomic E-state index is 0.373. The van der Waals surface area contributed by atoms with Crippen molar-refractivity contribution in [3.63, 3.8) is 0 Å². The molecule has 4 heteroatoms. The molecule has 0 amide bonds. The Morgan fingerprint density at radius 3 is 3.23 bits per heavy atom. The van der Waals surface area contributed by atoms with E-state index >= 15 is 0 Å². The van der Waals surface area contributed by atoms with Gasteiger partial charge in [-0.2, -0.15) is 0 Å². The third-order valence-corrected chi connectivity index (χ3v) is 2.78. The van der Waals surface area contributed by atoms with Crippen molar-refractivity contribution >= 4 is 21.6 Å². The van der Waals surface area contributed by atoms with Gasteiger partial charge in [0.1, 0.15) is 0 Å². The lowest BCUT2D eigenvalue weighted by atomic mass is 10.0. The molecule has 1 aromatic carbocycles. The van der Waals surface area contributed by atoms with Gasteiger partial charge in [-0.15, -0.1) is 0 Å². The summed E-state index contributed by atoms with van der Waals surface area (Å²) in [5, 5.41) is 3.31. The normalized spacial score (nSPS) is 19.7. The van der Waals surface area contributed by atoms with Gasteiger partial charge >= 0.3 is 0 Å². The predicted molar refractivity (Wildman–Crippen MR) is 55.5 cm³/mol. The summed E-state index contributed by atoms with van der Waals surface area (Å²) >= 11 is 3.44. The maximum atomic E-state index is 5.06. The van der Waals surface area contributed by atoms with E-state index in [1.165, 1.54) is 11.3 Å². The van der Waals surface area contributed by atoms with Crippen LogP contribution < -0.4 is 11.2 Å². The van der Waals surface area contributed by atoms with Crippen LogP contribution in [0.4, 0.5) is 5.69 Å². The number of hydrogen-bond donors (Lipinski definition) is 2. The number of hydrogen-bond acceptors (Lipinski definition) is 3. The molecule has 0 saturated carbocycles. The Bertz CT molecular complexity index is 314. The smallest absolute Gasteiger partial charge is 0.0765 e. The first-order valence-electron chi connectivity index (χ1n) is 4.16. The molecule has 1 atom stereocenters. The van der Waals surface area contributed by atoms with Crippen LogP contribution in [-0.4, -0.2) is 13.2 Å². The van der Waals surface area contributed by atoms with Gasteiger partial charge in [0.15, 0.2) is 0 Å². The van der Waals surface area contributed by atoms with E-state index < -0.39 is 0 Å². The fourth-order valence-corrected chi connectivity index (χ4v) is 2.02. The molecule has 1 aromatic rings. The van der Waals surface area contributed by atoms with Gasteiger partial charge in [-0.05, 0) is 23.8 Å². The number of fused-ring (bicyclic) bond motifs is 1. The molecule has 2 rings (SSSR count). The molecular weight excluding hydrogens is 232 g/mol. The number of halogens is 1. The molecule has 1 aliphatic heterocycles. The molecule has 3 N–H and O–H groups in total. The molecule has 1 unspecified atom stereocenters. The van der Waals surface area contributed by atoms with Gasteiger partial charge in [-0.25, -0.2) is 5.90 Å². The Morgan fingerprint density at radius 1 is 1.62 bits per heavy atom. The van der Waals surface area contributed by atoms with E-state index in [1.54, 1.807) is 0 Å². The average Bonchev–Trinajstić information content (AvgIpc) is 2.49. The van der Waals surface area contributed by atoms with Gasteiger partial charge in [-0.3, -0.25) is 0 Å². The molecule has 70 valence electrons. The first-order valence-corrected chi connectivity index (χ1v) is 4.95. The molecule has 0 aromatic heterocycles. The Kier molecular flexibility index (Phi) is 2.53. The van der Waals surface area contributed by atoms with Gasteiger partial charge in [0.25, 0.3) is 0 Å². The second-order valence-corrected chi connectivity index (χ2v) is 4.06. The van der Waals surface area contributed by atoms with Gasteiger partial charge < -0.3 is 10.2 Å². The van der Waals surface area contributed by atoms with Crippen molar-refractivity contribution in [1.82, 2.24) is 0 Å². The van der Waals surface area contributed by atoms with E-state index in [0.717, 1.165) is 11.0 Å². The lowest BCUT2D eigenvalue weighted by Gasteiger charge is -2.07. The summed E-state index contributed by atoms with van der Waals surface area (Å²) in [5.41, 5.74) is 2.46. The zero-order valence-corrected chi connectivity index (χ0v) is 8.67. The summed E-state index contributed by atoms with van der Waals surface area (Å²) in [7, 11) is 0. The predicted octanol–water partition coefficient (Wildman–Crippen LogP) is 1.85. The van der Waals surface area contributed by atoms with Crippen LogP contribution in [0, 0.1) is 0 Å². The molecule has 3 nitrogen and oxygen atoms in total. The van der Waals surface area contributed by atoms with Crippen molar-refractivity contribution in [3.8, 4) is 0 Å². The van der Waals surface area contributed by atoms with Crippen molar-refractivity contribution < 1.29 is 4.84 Å². The van der Waals surface area contributed by atoms with E-state index in [9.17, 15) is 0 Å². The number of rotatable bonds is 2. The molecule has 13 heavy (non-hydrogen) atoms. The zero-order chi connectivity index (χ0) is 9.26. The fourth-order valence-electron chi connectivity index (χ4n) is 1.64. The highest BCUT2D eigenvalue weighted by molar-refractivity contribution is 9.10. The first kappa shape index (κ1) is 8.99. The summed E-state index contributed by atoms with van der Waals surface area (Å²) in [6.07, 6.45) is 0. The van der Waals surface area contributed by atoms with Crippen LogP contribution in [0.2, 0.25) is 0 Å². The molecule has 0 saturated heterocycles. The molecule has 0 bridgehead atoms. The molecule has 1 aliphatic rings. The summed E-state index contributed by atoms with van der Waals surface area (Å²) in [5.74, 6) is 5.44. The van der Waals surface area contributed by atoms with E-state index in [1.807, 2.05) is 6.07 Å². The fraction of sp³-hybridized carbons (Fsp3) is 0.333. The average molecular weight is 243 g/mol. The van der Waals surface area contributed by atoms with Crippen LogP contribution in [0.5, 0.6) is 0 Å². The summed E-state index contributed by atoms with van der Waals surface area (Å²) in [6.45, 7) is 1.47. The first-order chi connectivity index (χ1) is 6.31. The second-order valence-electron chi connectivity index (χ2n) is 3.14. The Hall–Kier alpha value is -0.580. The van der Waals surface area contributed by atoms with Crippen molar-refractivity contribution in [2.75, 3.05) is 18.5 Å². The third kappa shape index (κ3) is 1.70. The van der Waals surface area contributed by atoms with E-state index in [4.69, 9.17) is 5.90 Å². The van der Waals surface area contributed by atoms with Crippen LogP contribution >= 0.6 is 15.9 Å². The van der Waals surface area contributed by atoms with Gasteiger partial charge in [0.05, 0.1) is 6.61 Å². The van der Waals surface area contributed by atoms with Crippen LogP contribution in [0.15, 0.2) is 22.7 Å². The zero-order valence-electron chi connectivity index (χ0n) is 7.09. The number of benzene rings is 1. The van der Waals surface area contributed by atoms with E-state index in [0.29, 0.717) is 12.5 Å². The van der Waals surface area contributed by atoms with Crippen molar-refractivity contribution in [1.29, 1.82) is 0 Å². The molecule has 0 aliphatic carbocycles. The Morgan fingerprint density at radius 2 is 2.46 bits per heavy atom. The van der Waals surface area contributed by atoms with Crippen molar-refractivity contribution in [2.24, 2.45) is 5.90 Å². The van der Waals surface area contributed by atoms with Crippen molar-refractivity contribution in [3.05, 3.63) is 28.2 Å². The maximum absolute atomic E-state index is 5.06. The number of nitrogens with one attached hydrogen (secondary N) is 1. The van der Waals surface area contributed by atoms with Gasteiger partial charge in [0, 0.05) is 22.6 Å². The van der Waals surface area contributed by atoms with Crippen LogP contribution in [0.1, 0.15) is 11.5 Å². The number of nitrogens with two attached hydrogens (primary N) is 1. The second kappa shape index (κ2) is 3.65.